The molecule has 0 radical (unpaired) electrons. The van der Waals surface area contributed by atoms with Crippen molar-refractivity contribution in [3.8, 4) is 11.5 Å². The fourth-order valence-electron chi connectivity index (χ4n) is 8.41. The van der Waals surface area contributed by atoms with Crippen LogP contribution in [-0.2, 0) is 9.53 Å². The number of hydrogen-bond donors (Lipinski definition) is 4. The van der Waals surface area contributed by atoms with Crippen molar-refractivity contribution in [3.05, 3.63) is 75.7 Å². The quantitative estimate of drug-likeness (QED) is 0.0859. The smallest absolute Gasteiger partial charge is 0.312 e. The monoisotopic (exact) mass is 780 g/mol. The van der Waals surface area contributed by atoms with Crippen LogP contribution in [0.15, 0.2) is 59.1 Å². The van der Waals surface area contributed by atoms with Crippen LogP contribution in [0.25, 0.3) is 31.2 Å². The molecule has 0 unspecified atom stereocenters. The topological polar surface area (TPSA) is 150 Å². The molecule has 56 heavy (non-hydrogen) atoms. The molecule has 4 aromatic rings. The summed E-state index contributed by atoms with van der Waals surface area (Å²) in [4.78, 5) is 50.0. The summed E-state index contributed by atoms with van der Waals surface area (Å²) in [6, 6.07) is 5.98. The summed E-state index contributed by atoms with van der Waals surface area (Å²) >= 11 is 1.32. The van der Waals surface area contributed by atoms with Crippen molar-refractivity contribution in [1.29, 1.82) is 0 Å². The average molecular weight is 781 g/mol. The highest BCUT2D eigenvalue weighted by atomic mass is 32.1. The lowest BCUT2D eigenvalue weighted by atomic mass is 9.83. The van der Waals surface area contributed by atoms with Crippen LogP contribution in [0, 0.1) is 30.6 Å². The van der Waals surface area contributed by atoms with Crippen molar-refractivity contribution in [2.75, 3.05) is 36.4 Å². The number of hydrogen-bond acceptors (Lipinski definition) is 11. The molecule has 1 fully saturated rings. The number of amides is 1. The van der Waals surface area contributed by atoms with E-state index in [9.17, 15) is 24.6 Å². The van der Waals surface area contributed by atoms with E-state index in [2.05, 4.69) is 42.4 Å². The van der Waals surface area contributed by atoms with E-state index < -0.39 is 34.8 Å². The second-order valence-electron chi connectivity index (χ2n) is 16.2. The number of nitrogens with zero attached hydrogens (tertiary/aromatic N) is 2. The van der Waals surface area contributed by atoms with Gasteiger partial charge in [-0.25, -0.2) is 4.98 Å². The molecule has 1 aromatic heterocycles. The standard InChI is InChI=1S/C44H52N4O7S/c1-23-10-8-11-26(4)43(53)47-36-39(51)33-32(35-41(36)56-31-22-29(13-14-30(31)46-35)48-17-15-45-16-18-48)34-40(28(6)38(33)50)55-44(7,42(34)52)54-19-9-12-25(3)37(49)27(5)21-24(2)20-23/h8-11,13-14,19,22-25,27,37,45,49,51H,12,15-18,20-21H2,1-7H3,(H,47,53)/b10-8+,19-9+,26-11-/t23-,24+,25+,27+,37+,44-/m0/s1. The van der Waals surface area contributed by atoms with Crippen LogP contribution in [0.3, 0.4) is 0 Å². The molecule has 1 amide bonds. The normalized spacial score (nSPS) is 28.9. The van der Waals surface area contributed by atoms with Crippen molar-refractivity contribution >= 4 is 65.6 Å². The first-order valence-electron chi connectivity index (χ1n) is 19.6. The summed E-state index contributed by atoms with van der Waals surface area (Å²) < 4.78 is 13.5. The Hall–Kier alpha value is -4.78. The Bertz CT molecular complexity index is 2380. The minimum atomic E-state index is -1.82. The van der Waals surface area contributed by atoms with Crippen LogP contribution in [0.2, 0.25) is 0 Å². The average Bonchev–Trinajstić information content (AvgIpc) is 3.44. The fraction of sp³-hybridized carbons (Fsp3) is 0.455. The van der Waals surface area contributed by atoms with Crippen LogP contribution in [-0.4, -0.2) is 65.0 Å². The number of aliphatic hydroxyl groups is 1. The van der Waals surface area contributed by atoms with Crippen molar-refractivity contribution in [1.82, 2.24) is 10.3 Å². The number of Topliss-reactive ketones (excluding diaryl/α,β-unsaturated/α-hetero) is 1. The van der Waals surface area contributed by atoms with Gasteiger partial charge in [0.2, 0.25) is 0 Å². The van der Waals surface area contributed by atoms with E-state index in [1.807, 2.05) is 31.2 Å². The van der Waals surface area contributed by atoms with Crippen LogP contribution < -0.4 is 25.7 Å². The van der Waals surface area contributed by atoms with E-state index in [1.54, 1.807) is 26.0 Å². The summed E-state index contributed by atoms with van der Waals surface area (Å²) in [5.74, 6) is -2.60. The highest BCUT2D eigenvalue weighted by molar-refractivity contribution is 7.25. The molecule has 6 atom stereocenters. The summed E-state index contributed by atoms with van der Waals surface area (Å²) in [6.07, 6.45) is 10.6. The highest BCUT2D eigenvalue weighted by Gasteiger charge is 2.49. The second-order valence-corrected chi connectivity index (χ2v) is 17.3. The van der Waals surface area contributed by atoms with Crippen molar-refractivity contribution in [3.63, 3.8) is 0 Å². The molecule has 5 bridgehead atoms. The van der Waals surface area contributed by atoms with E-state index in [0.29, 0.717) is 28.1 Å². The van der Waals surface area contributed by atoms with Crippen LogP contribution in [0.1, 0.15) is 76.7 Å². The number of piperazine rings is 1. The molecular weight excluding hydrogens is 729 g/mol. The molecule has 12 heteroatoms. The van der Waals surface area contributed by atoms with Gasteiger partial charge in [-0.05, 0) is 81.1 Å². The van der Waals surface area contributed by atoms with Gasteiger partial charge in [-0.1, -0.05) is 45.9 Å². The first-order valence-corrected chi connectivity index (χ1v) is 20.5. The van der Waals surface area contributed by atoms with Gasteiger partial charge in [0.05, 0.1) is 43.7 Å². The van der Waals surface area contributed by atoms with Gasteiger partial charge in [-0.2, -0.15) is 0 Å². The van der Waals surface area contributed by atoms with Gasteiger partial charge in [0.25, 0.3) is 11.7 Å². The third kappa shape index (κ3) is 7.30. The molecule has 8 rings (SSSR count). The molecule has 1 saturated heterocycles. The van der Waals surface area contributed by atoms with E-state index >= 15 is 0 Å². The van der Waals surface area contributed by atoms with E-state index in [4.69, 9.17) is 14.5 Å². The molecular formula is C44H52N4O7S. The Morgan fingerprint density at radius 1 is 1.02 bits per heavy atom. The first kappa shape index (κ1) is 39.5. The molecule has 4 aliphatic heterocycles. The van der Waals surface area contributed by atoms with Crippen LogP contribution in [0.5, 0.6) is 11.5 Å². The number of fused-ring (bicyclic) bond motifs is 14. The lowest BCUT2D eigenvalue weighted by Crippen LogP contribution is -2.43. The number of aromatic nitrogens is 1. The number of ether oxygens (including phenoxy) is 2. The Kier molecular flexibility index (Phi) is 11.0. The maximum absolute atomic E-state index is 14.5. The fourth-order valence-corrected chi connectivity index (χ4v) is 9.52. The van der Waals surface area contributed by atoms with Crippen LogP contribution in [0.4, 0.5) is 11.4 Å². The molecule has 4 aliphatic rings. The Morgan fingerprint density at radius 2 is 1.77 bits per heavy atom. The maximum Gasteiger partial charge on any atom is 0.312 e. The number of benzene rings is 3. The van der Waals surface area contributed by atoms with Gasteiger partial charge in [-0.15, -0.1) is 11.3 Å². The van der Waals surface area contributed by atoms with Gasteiger partial charge in [0.1, 0.15) is 11.4 Å². The minimum absolute atomic E-state index is 0.0491. The molecule has 0 aliphatic carbocycles. The number of carbonyl (C=O) groups is 2. The zero-order valence-corrected chi connectivity index (χ0v) is 34.0. The number of aliphatic hydroxyl groups excluding tert-OH is 1. The maximum atomic E-state index is 14.5. The lowest BCUT2D eigenvalue weighted by molar-refractivity contribution is -0.112. The number of aromatic hydroxyl groups is 1. The lowest BCUT2D eigenvalue weighted by Gasteiger charge is -2.29. The molecule has 3 aromatic carbocycles. The van der Waals surface area contributed by atoms with Gasteiger partial charge in [-0.3, -0.25) is 14.4 Å². The molecule has 4 N–H and O–H groups in total. The zero-order chi connectivity index (χ0) is 40.1. The van der Waals surface area contributed by atoms with E-state index in [1.165, 1.54) is 24.5 Å². The number of ketones is 1. The van der Waals surface area contributed by atoms with E-state index in [0.717, 1.165) is 49.4 Å². The highest BCUT2D eigenvalue weighted by Crippen LogP contribution is 2.49. The number of allylic oxidation sites excluding steroid dienone is 4. The van der Waals surface area contributed by atoms with Crippen molar-refractivity contribution in [2.24, 2.45) is 23.7 Å². The number of phenolic OH excluding ortho intramolecular Hbond substituents is 1. The Balaban J connectivity index is 1.43. The number of nitrogens with one attached hydrogen (secondary N) is 2. The number of rotatable bonds is 1. The number of carbonyl (C=O) groups excluding carboxylic acids is 2. The van der Waals surface area contributed by atoms with E-state index in [-0.39, 0.29) is 56.6 Å². The first-order chi connectivity index (χ1) is 26.7. The van der Waals surface area contributed by atoms with Gasteiger partial charge < -0.3 is 35.2 Å². The minimum Gasteiger partial charge on any atom is -0.505 e. The van der Waals surface area contributed by atoms with Gasteiger partial charge in [0, 0.05) is 55.3 Å². The second kappa shape index (κ2) is 15.6. The predicted octanol–water partition coefficient (Wildman–Crippen LogP) is 7.74. The van der Waals surface area contributed by atoms with Gasteiger partial charge in [0.15, 0.2) is 11.2 Å². The summed E-state index contributed by atoms with van der Waals surface area (Å²) in [5.41, 5.74) is 2.02. The third-order valence-corrected chi connectivity index (χ3v) is 12.7. The van der Waals surface area contributed by atoms with Gasteiger partial charge >= 0.3 is 5.79 Å². The zero-order valence-electron chi connectivity index (χ0n) is 33.2. The van der Waals surface area contributed by atoms with Crippen LogP contribution >= 0.6 is 11.3 Å². The largest absolute Gasteiger partial charge is 0.505 e. The number of anilines is 2. The molecule has 296 valence electrons. The summed E-state index contributed by atoms with van der Waals surface area (Å²) in [7, 11) is 0. The third-order valence-electron chi connectivity index (χ3n) is 11.6. The SMILES string of the molecule is C/C1=C/C=C/[C@H](C)C[C@@H](C)C[C@@H](C)[C@H](O)[C@H](C)C/C=C/O[C@@]2(C)Oc3c(C)c(=O)c4c(O)c(c5sc6cc(N7CCNCC7)ccc6nc5c4c3C2=O)NC1=O. The molecule has 0 spiro atoms. The Labute approximate surface area is 331 Å². The van der Waals surface area contributed by atoms with Crippen molar-refractivity contribution < 1.29 is 29.3 Å². The number of phenols is 1. The van der Waals surface area contributed by atoms with Crippen molar-refractivity contribution in [2.45, 2.75) is 79.6 Å². The Morgan fingerprint density at radius 3 is 2.52 bits per heavy atom. The molecule has 5 heterocycles. The summed E-state index contributed by atoms with van der Waals surface area (Å²) in [6.45, 7) is 16.6. The molecule has 0 saturated carbocycles. The summed E-state index contributed by atoms with van der Waals surface area (Å²) in [5, 5.41) is 29.6. The molecule has 11 nitrogen and oxygen atoms in total. The predicted molar refractivity (Wildman–Crippen MR) is 224 cm³/mol.